The van der Waals surface area contributed by atoms with Crippen molar-refractivity contribution in [3.8, 4) is 0 Å². The van der Waals surface area contributed by atoms with E-state index in [1.807, 2.05) is 85.8 Å². The average Bonchev–Trinajstić information content (AvgIpc) is 2.81. The van der Waals surface area contributed by atoms with Gasteiger partial charge in [0.15, 0.2) is 5.60 Å². The summed E-state index contributed by atoms with van der Waals surface area (Å²) in [5.74, 6) is -0.507. The number of ether oxygens (including phenoxy) is 2. The van der Waals surface area contributed by atoms with Gasteiger partial charge in [-0.15, -0.1) is 0 Å². The molecule has 0 aliphatic heterocycles. The van der Waals surface area contributed by atoms with E-state index in [2.05, 4.69) is 18.5 Å². The number of benzene rings is 2. The Morgan fingerprint density at radius 3 is 2.09 bits per heavy atom. The van der Waals surface area contributed by atoms with Crippen LogP contribution < -0.4 is 5.32 Å². The molecule has 32 heavy (non-hydrogen) atoms. The number of alkyl carbamates (subject to hydrolysis) is 1. The van der Waals surface area contributed by atoms with Crippen molar-refractivity contribution in [2.24, 2.45) is 0 Å². The van der Waals surface area contributed by atoms with Gasteiger partial charge in [0.2, 0.25) is 0 Å². The number of hydrogen-bond acceptors (Lipinski definition) is 4. The molecule has 5 nitrogen and oxygen atoms in total. The number of hydrogen-bond donors (Lipinski definition) is 1. The molecule has 0 radical (unpaired) electrons. The minimum absolute atomic E-state index is 0. The number of esters is 1. The monoisotopic (exact) mass is 433 g/mol. The molecule has 0 heterocycles. The van der Waals surface area contributed by atoms with Crippen LogP contribution in [0.4, 0.5) is 4.79 Å². The summed E-state index contributed by atoms with van der Waals surface area (Å²) < 4.78 is 11.2. The van der Waals surface area contributed by atoms with Crippen LogP contribution in [0, 0.1) is 0 Å². The van der Waals surface area contributed by atoms with Crippen molar-refractivity contribution in [2.45, 2.75) is 19.4 Å². The van der Waals surface area contributed by atoms with Crippen molar-refractivity contribution in [3.63, 3.8) is 0 Å². The second kappa shape index (κ2) is 12.1. The Bertz CT molecular complexity index is 958. The quantitative estimate of drug-likeness (QED) is 0.226. The van der Waals surface area contributed by atoms with Gasteiger partial charge in [-0.1, -0.05) is 98.1 Å². The maximum atomic E-state index is 12.9. The molecule has 1 N–H and O–H groups in total. The number of allylic oxidation sites excluding steroid dienone is 3. The molecule has 2 aromatic rings. The summed E-state index contributed by atoms with van der Waals surface area (Å²) in [5.41, 5.74) is 1.37. The summed E-state index contributed by atoms with van der Waals surface area (Å²) in [5, 5.41) is 2.67. The third kappa shape index (κ3) is 6.08. The second-order valence-corrected chi connectivity index (χ2v) is 7.00. The van der Waals surface area contributed by atoms with Gasteiger partial charge in [0, 0.05) is 23.7 Å². The molecular weight excluding hydrogens is 402 g/mol. The van der Waals surface area contributed by atoms with E-state index in [1.165, 1.54) is 0 Å². The van der Waals surface area contributed by atoms with Crippen LogP contribution in [0.5, 0.6) is 0 Å². The summed E-state index contributed by atoms with van der Waals surface area (Å²) >= 11 is 0. The van der Waals surface area contributed by atoms with Gasteiger partial charge < -0.3 is 14.8 Å². The number of amides is 1. The van der Waals surface area contributed by atoms with Crippen LogP contribution in [-0.2, 0) is 19.9 Å². The number of nitrogens with one attached hydrogen (secondary N) is 1. The summed E-state index contributed by atoms with van der Waals surface area (Å²) in [4.78, 5) is 24.5. The first kappa shape index (κ1) is 24.4. The lowest BCUT2D eigenvalue weighted by Gasteiger charge is -2.36. The molecule has 0 aliphatic carbocycles. The van der Waals surface area contributed by atoms with E-state index < -0.39 is 17.7 Å². The Morgan fingerprint density at radius 2 is 1.62 bits per heavy atom. The first-order chi connectivity index (χ1) is 15.5. The fourth-order valence-corrected chi connectivity index (χ4v) is 3.21. The molecule has 0 saturated carbocycles. The molecule has 0 unspecified atom stereocenters. The Labute approximate surface area is 191 Å². The zero-order chi connectivity index (χ0) is 23.4. The van der Waals surface area contributed by atoms with Gasteiger partial charge in [-0.25, -0.2) is 9.59 Å². The van der Waals surface area contributed by atoms with E-state index in [9.17, 15) is 9.59 Å². The van der Waals surface area contributed by atoms with Gasteiger partial charge in [0.05, 0.1) is 6.54 Å². The molecular formula is C27H31NO4. The predicted octanol–water partition coefficient (Wildman–Crippen LogP) is 5.71. The topological polar surface area (TPSA) is 64.6 Å². The van der Waals surface area contributed by atoms with Gasteiger partial charge in [0.25, 0.3) is 0 Å². The normalized spacial score (nSPS) is 11.6. The van der Waals surface area contributed by atoms with Gasteiger partial charge in [0.1, 0.15) is 6.61 Å². The highest BCUT2D eigenvalue weighted by Gasteiger charge is 2.41. The van der Waals surface area contributed by atoms with Crippen LogP contribution in [0.2, 0.25) is 0 Å². The van der Waals surface area contributed by atoms with Gasteiger partial charge in [-0.05, 0) is 13.8 Å². The highest BCUT2D eigenvalue weighted by molar-refractivity contribution is 5.86. The molecule has 2 aromatic carbocycles. The standard InChI is InChI=1S/C27H29NO4.H2/c1-5-13-22(14-6-2)27(23-15-9-7-10-16-23,24-17-11-8-12-18-24)32-26(30)28-19-20-31-25(29)21(3)4;/h5-18H,1,3,19-20H2,2,4H3,(H,28,30);1H/b14-6-,22-13+;. The van der Waals surface area contributed by atoms with Crippen molar-refractivity contribution >= 4 is 12.1 Å². The molecule has 1 amide bonds. The molecule has 5 heteroatoms. The minimum Gasteiger partial charge on any atom is -0.460 e. The Hall–Kier alpha value is -3.86. The molecule has 0 atom stereocenters. The highest BCUT2D eigenvalue weighted by Crippen LogP contribution is 2.41. The maximum Gasteiger partial charge on any atom is 0.408 e. The number of carbonyl (C=O) groups is 2. The van der Waals surface area contributed by atoms with Crippen molar-refractivity contribution in [1.29, 1.82) is 0 Å². The SMILES string of the molecule is C=C/C=C(\C=C/C)C(OC(=O)NCCOC(=O)C(=C)C)(c1ccccc1)c1ccccc1.[HH]. The van der Waals surface area contributed by atoms with E-state index in [1.54, 1.807) is 13.0 Å². The predicted molar refractivity (Wildman–Crippen MR) is 129 cm³/mol. The van der Waals surface area contributed by atoms with Crippen molar-refractivity contribution in [1.82, 2.24) is 5.32 Å². The van der Waals surface area contributed by atoms with Crippen LogP contribution in [-0.4, -0.2) is 25.2 Å². The van der Waals surface area contributed by atoms with Crippen molar-refractivity contribution in [3.05, 3.63) is 120 Å². The lowest BCUT2D eigenvalue weighted by Crippen LogP contribution is -2.40. The fraction of sp³-hybridized carbons (Fsp3) is 0.185. The molecule has 0 fully saturated rings. The lowest BCUT2D eigenvalue weighted by atomic mass is 9.79. The van der Waals surface area contributed by atoms with Crippen LogP contribution in [0.25, 0.3) is 0 Å². The van der Waals surface area contributed by atoms with E-state index in [-0.39, 0.29) is 14.6 Å². The zero-order valence-electron chi connectivity index (χ0n) is 18.5. The van der Waals surface area contributed by atoms with Crippen LogP contribution in [0.3, 0.4) is 0 Å². The first-order valence-corrected chi connectivity index (χ1v) is 10.3. The van der Waals surface area contributed by atoms with Gasteiger partial charge in [-0.3, -0.25) is 0 Å². The molecule has 0 bridgehead atoms. The van der Waals surface area contributed by atoms with Gasteiger partial charge in [-0.2, -0.15) is 0 Å². The summed E-state index contributed by atoms with van der Waals surface area (Å²) in [6.07, 6.45) is 6.61. The number of carbonyl (C=O) groups excluding carboxylic acids is 2. The van der Waals surface area contributed by atoms with Gasteiger partial charge >= 0.3 is 12.1 Å². The van der Waals surface area contributed by atoms with Crippen LogP contribution in [0.1, 0.15) is 26.4 Å². The second-order valence-electron chi connectivity index (χ2n) is 7.00. The largest absolute Gasteiger partial charge is 0.460 e. The van der Waals surface area contributed by atoms with Crippen molar-refractivity contribution in [2.75, 3.05) is 13.2 Å². The maximum absolute atomic E-state index is 12.9. The summed E-state index contributed by atoms with van der Waals surface area (Å²) in [6, 6.07) is 19.0. The molecule has 0 aliphatic rings. The molecule has 0 saturated heterocycles. The average molecular weight is 434 g/mol. The molecule has 168 valence electrons. The first-order valence-electron chi connectivity index (χ1n) is 10.3. The Balaban J connectivity index is 0.00000544. The number of rotatable bonds is 10. The Kier molecular flexibility index (Phi) is 9.23. The fourth-order valence-electron chi connectivity index (χ4n) is 3.21. The summed E-state index contributed by atoms with van der Waals surface area (Å²) in [7, 11) is 0. The van der Waals surface area contributed by atoms with Crippen molar-refractivity contribution < 1.29 is 20.5 Å². The van der Waals surface area contributed by atoms with E-state index in [4.69, 9.17) is 9.47 Å². The van der Waals surface area contributed by atoms with E-state index in [0.29, 0.717) is 5.57 Å². The molecule has 0 spiro atoms. The third-order valence-corrected chi connectivity index (χ3v) is 4.61. The zero-order valence-corrected chi connectivity index (χ0v) is 18.5. The minimum atomic E-state index is -1.22. The van der Waals surface area contributed by atoms with E-state index in [0.717, 1.165) is 16.7 Å². The third-order valence-electron chi connectivity index (χ3n) is 4.61. The molecule has 0 aromatic heterocycles. The molecule has 2 rings (SSSR count). The lowest BCUT2D eigenvalue weighted by molar-refractivity contribution is -0.138. The summed E-state index contributed by atoms with van der Waals surface area (Å²) in [6.45, 7) is 10.9. The van der Waals surface area contributed by atoms with Crippen LogP contribution in [0.15, 0.2) is 109 Å². The van der Waals surface area contributed by atoms with Crippen LogP contribution >= 0.6 is 0 Å². The smallest absolute Gasteiger partial charge is 0.408 e. The Morgan fingerprint density at radius 1 is 1.06 bits per heavy atom. The highest BCUT2D eigenvalue weighted by atomic mass is 16.6. The van der Waals surface area contributed by atoms with E-state index >= 15 is 0 Å².